The number of nitrogens with zero attached hydrogens (tertiary/aromatic N) is 1. The van der Waals surface area contributed by atoms with Gasteiger partial charge in [-0.2, -0.15) is 0 Å². The zero-order valence-electron chi connectivity index (χ0n) is 56.8. The van der Waals surface area contributed by atoms with Crippen LogP contribution in [0.5, 0.6) is 5.75 Å². The van der Waals surface area contributed by atoms with Crippen molar-refractivity contribution in [1.82, 2.24) is 0 Å². The van der Waals surface area contributed by atoms with Gasteiger partial charge in [0.2, 0.25) is 11.8 Å². The molecule has 0 aliphatic heterocycles. The number of phenolic OH excluding ortho intramolecular Hbond substituents is 1. The molecule has 2 aromatic rings. The molecule has 24 heteroatoms. The minimum Gasteiger partial charge on any atom is -0.508 e. The molecule has 0 aliphatic carbocycles. The summed E-state index contributed by atoms with van der Waals surface area (Å²) in [5.41, 5.74) is 28.9. The van der Waals surface area contributed by atoms with Gasteiger partial charge in [-0.25, -0.2) is 0 Å². The number of carbonyl (C=O) groups is 14. The van der Waals surface area contributed by atoms with Crippen molar-refractivity contribution in [3.05, 3.63) is 65.7 Å². The fraction of sp³-hybridized carbons (Fsp3) is 0.625. The number of aliphatic hydroxyl groups excluding tert-OH is 1. The third kappa shape index (κ3) is 34.1. The van der Waals surface area contributed by atoms with Gasteiger partial charge in [-0.3, -0.25) is 72.1 Å². The van der Waals surface area contributed by atoms with E-state index in [1.54, 1.807) is 49.4 Å². The standard InChI is InChI=1S/C72H106N6O18/c1-43(2)14-9-10-18-49(45(4)79)32-62(85)54(31-48-20-24-57(81)25-21-48)37-61(84)51(22-26-70(93)94)34-60(83)52(23-27-71(95)96)35-67(90)58(46(5)80)42-66(89)50(19-11-12-28-73)33-63(86)53(30-47-16-7-6-8-17-47)38-64(87)56(41-69(75)92)39-65(88)55(40-68(74)91)36-59(82)44(3)15-13-29-78-72(76)77/h6-8,16-17,20-21,24-25,43-44,46,49-56,58,80-81H,9-15,18-19,22-23,26-42,73H2,1-5H3,(H2,74,91)(H2,75,92)(H,93,94)(H,95,96)(H4,76,77,78). The lowest BCUT2D eigenvalue weighted by atomic mass is 9.77. The summed E-state index contributed by atoms with van der Waals surface area (Å²) in [6.07, 6.45) is -5.07. The topological polar surface area (TPSA) is 462 Å². The normalized spacial score (nSPS) is 14.8. The van der Waals surface area contributed by atoms with Crippen molar-refractivity contribution < 1.29 is 87.5 Å². The number of Topliss-reactive ketones (excluding diaryl/α,β-unsaturated/α-hetero) is 10. The molecule has 0 aromatic heterocycles. The van der Waals surface area contributed by atoms with Crippen molar-refractivity contribution in [3.8, 4) is 5.75 Å². The highest BCUT2D eigenvalue weighted by atomic mass is 16.4. The van der Waals surface area contributed by atoms with E-state index in [2.05, 4.69) is 18.8 Å². The van der Waals surface area contributed by atoms with Gasteiger partial charge in [-0.15, -0.1) is 0 Å². The number of rotatable bonds is 56. The largest absolute Gasteiger partial charge is 0.508 e. The van der Waals surface area contributed by atoms with Crippen LogP contribution in [0.3, 0.4) is 0 Å². The third-order valence-corrected chi connectivity index (χ3v) is 18.0. The number of hydrogen-bond donors (Lipinski definition) is 9. The second-order valence-electron chi connectivity index (χ2n) is 26.6. The molecule has 2 aromatic carbocycles. The van der Waals surface area contributed by atoms with Crippen LogP contribution in [0.15, 0.2) is 59.6 Å². The van der Waals surface area contributed by atoms with Gasteiger partial charge in [-0.05, 0) is 107 Å². The van der Waals surface area contributed by atoms with Gasteiger partial charge in [0.15, 0.2) is 5.96 Å². The second-order valence-corrected chi connectivity index (χ2v) is 26.6. The summed E-state index contributed by atoms with van der Waals surface area (Å²) in [5, 5.41) is 40.8. The lowest BCUT2D eigenvalue weighted by molar-refractivity contribution is -0.141. The summed E-state index contributed by atoms with van der Waals surface area (Å²) in [4.78, 5) is 195. The highest BCUT2D eigenvalue weighted by molar-refractivity contribution is 5.99. The average molecular weight is 1340 g/mol. The lowest BCUT2D eigenvalue weighted by Crippen LogP contribution is -2.35. The van der Waals surface area contributed by atoms with Crippen LogP contribution in [0, 0.1) is 65.1 Å². The first-order valence-corrected chi connectivity index (χ1v) is 33.7. The first-order chi connectivity index (χ1) is 45.2. The van der Waals surface area contributed by atoms with Crippen molar-refractivity contribution in [3.63, 3.8) is 0 Å². The minimum absolute atomic E-state index is 0.00394. The summed E-state index contributed by atoms with van der Waals surface area (Å²) in [5.74, 6) is -21.6. The maximum Gasteiger partial charge on any atom is 0.303 e. The fourth-order valence-corrected chi connectivity index (χ4v) is 12.2. The molecule has 11 atom stereocenters. The van der Waals surface area contributed by atoms with E-state index >= 15 is 0 Å². The number of unbranched alkanes of at least 4 members (excludes halogenated alkanes) is 2. The number of benzene rings is 2. The Morgan fingerprint density at radius 3 is 1.25 bits per heavy atom. The van der Waals surface area contributed by atoms with Crippen LogP contribution in [0.2, 0.25) is 0 Å². The number of carbonyl (C=O) groups excluding carboxylic acids is 12. The monoisotopic (exact) mass is 1340 g/mol. The maximum absolute atomic E-state index is 14.8. The number of carboxylic acids is 2. The van der Waals surface area contributed by atoms with Crippen molar-refractivity contribution in [2.75, 3.05) is 13.1 Å². The molecule has 0 saturated heterocycles. The molecule has 0 fully saturated rings. The van der Waals surface area contributed by atoms with E-state index in [1.807, 2.05) is 0 Å². The Balaban J connectivity index is 2.54. The highest BCUT2D eigenvalue weighted by Gasteiger charge is 2.38. The number of aliphatic imine (C=N–C) groups is 1. The molecule has 0 heterocycles. The number of aromatic hydroxyl groups is 1. The van der Waals surface area contributed by atoms with Crippen LogP contribution < -0.4 is 28.7 Å². The average Bonchev–Trinajstić information content (AvgIpc) is 0.887. The Morgan fingerprint density at radius 1 is 0.417 bits per heavy atom. The van der Waals surface area contributed by atoms with Gasteiger partial charge in [0, 0.05) is 143 Å². The van der Waals surface area contributed by atoms with E-state index in [0.717, 1.165) is 12.8 Å². The molecule has 2 amide bonds. The van der Waals surface area contributed by atoms with Crippen LogP contribution in [-0.2, 0) is 80.0 Å². The Kier molecular flexibility index (Phi) is 39.2. The number of guanidine groups is 1. The molecule has 2 rings (SSSR count). The molecule has 14 N–H and O–H groups in total. The van der Waals surface area contributed by atoms with Crippen LogP contribution in [0.4, 0.5) is 0 Å². The molecule has 11 unspecified atom stereocenters. The number of aliphatic carboxylic acids is 2. The van der Waals surface area contributed by atoms with E-state index in [4.69, 9.17) is 28.7 Å². The Bertz CT molecular complexity index is 2960. The number of ketones is 10. The number of nitrogens with two attached hydrogens (primary N) is 5. The molecule has 0 radical (unpaired) electrons. The molecule has 0 bridgehead atoms. The van der Waals surface area contributed by atoms with Crippen molar-refractivity contribution >= 4 is 87.5 Å². The SMILES string of the molecule is CC(=O)C(CCCCC(C)C)CC(=O)C(CC(=O)C(CCC(=O)O)CC(=O)C(CCC(=O)O)CC(=O)C(CC(=O)C(CCCCN)CC(=O)C(CC(=O)C(CC(N)=O)CC(=O)C(CC(N)=O)CC(=O)C(C)CCCN=C(N)N)Cc1ccccc1)C(C)O)Cc1ccc(O)cc1. The maximum atomic E-state index is 14.8. The number of primary amides is 2. The number of phenols is 1. The summed E-state index contributed by atoms with van der Waals surface area (Å²) < 4.78 is 0. The van der Waals surface area contributed by atoms with E-state index in [9.17, 15) is 87.5 Å². The number of aliphatic hydroxyl groups is 1. The first-order valence-electron chi connectivity index (χ1n) is 33.7. The van der Waals surface area contributed by atoms with E-state index in [1.165, 1.54) is 26.0 Å². The van der Waals surface area contributed by atoms with Gasteiger partial charge >= 0.3 is 11.9 Å². The number of carboxylic acid groups (broad SMARTS) is 2. The van der Waals surface area contributed by atoms with E-state index in [-0.39, 0.29) is 68.5 Å². The van der Waals surface area contributed by atoms with Crippen LogP contribution in [0.25, 0.3) is 0 Å². The lowest BCUT2D eigenvalue weighted by Gasteiger charge is -2.26. The summed E-state index contributed by atoms with van der Waals surface area (Å²) in [6.45, 7) is 8.88. The highest BCUT2D eigenvalue weighted by Crippen LogP contribution is 2.32. The minimum atomic E-state index is -1.55. The van der Waals surface area contributed by atoms with E-state index in [0.29, 0.717) is 55.6 Å². The molecule has 0 spiro atoms. The Labute approximate surface area is 563 Å². The Morgan fingerprint density at radius 2 is 0.802 bits per heavy atom. The molecular weight excluding hydrogens is 1240 g/mol. The zero-order chi connectivity index (χ0) is 72.2. The van der Waals surface area contributed by atoms with Gasteiger partial charge < -0.3 is 49.1 Å². The second kappa shape index (κ2) is 44.7. The molecule has 0 saturated carbocycles. The van der Waals surface area contributed by atoms with Crippen molar-refractivity contribution in [1.29, 1.82) is 0 Å². The Hall–Kier alpha value is -7.99. The number of hydrogen-bond acceptors (Lipinski definition) is 18. The van der Waals surface area contributed by atoms with Crippen molar-refractivity contribution in [2.45, 2.75) is 208 Å². The zero-order valence-corrected chi connectivity index (χ0v) is 56.8. The van der Waals surface area contributed by atoms with Gasteiger partial charge in [0.1, 0.15) is 63.6 Å². The molecular formula is C72H106N6O18. The predicted octanol–water partition coefficient (Wildman–Crippen LogP) is 6.84. The van der Waals surface area contributed by atoms with Crippen LogP contribution >= 0.6 is 0 Å². The van der Waals surface area contributed by atoms with Gasteiger partial charge in [-0.1, -0.05) is 88.9 Å². The summed E-state index contributed by atoms with van der Waals surface area (Å²) >= 11 is 0. The molecule has 96 heavy (non-hydrogen) atoms. The number of amides is 2. The van der Waals surface area contributed by atoms with E-state index < -0.39 is 219 Å². The summed E-state index contributed by atoms with van der Waals surface area (Å²) in [7, 11) is 0. The summed E-state index contributed by atoms with van der Waals surface area (Å²) in [6, 6.07) is 14.5. The van der Waals surface area contributed by atoms with Crippen LogP contribution in [0.1, 0.15) is 200 Å². The molecule has 532 valence electrons. The third-order valence-electron chi connectivity index (χ3n) is 18.0. The predicted molar refractivity (Wildman–Crippen MR) is 359 cm³/mol. The first kappa shape index (κ1) is 84.1. The quantitative estimate of drug-likeness (QED) is 0.0186. The van der Waals surface area contributed by atoms with Gasteiger partial charge in [0.05, 0.1) is 12.0 Å². The fourth-order valence-electron chi connectivity index (χ4n) is 12.2. The smallest absolute Gasteiger partial charge is 0.303 e. The molecule has 24 nitrogen and oxygen atoms in total. The van der Waals surface area contributed by atoms with Gasteiger partial charge in [0.25, 0.3) is 0 Å². The van der Waals surface area contributed by atoms with Crippen molar-refractivity contribution in [2.24, 2.45) is 98.8 Å². The van der Waals surface area contributed by atoms with Crippen LogP contribution in [-0.4, -0.2) is 127 Å². The molecule has 0 aliphatic rings.